The molecule has 2 unspecified atom stereocenters. The number of fused-ring (bicyclic) bond motifs is 1. The molecule has 1 aliphatic heterocycles. The Morgan fingerprint density at radius 1 is 1.37 bits per heavy atom. The molecule has 19 heavy (non-hydrogen) atoms. The van der Waals surface area contributed by atoms with Gasteiger partial charge in [-0.1, -0.05) is 24.3 Å². The van der Waals surface area contributed by atoms with Crippen molar-refractivity contribution in [2.24, 2.45) is 0 Å². The Hall–Kier alpha value is -1.11. The average molecular weight is 274 g/mol. The molecule has 0 spiro atoms. The summed E-state index contributed by atoms with van der Waals surface area (Å²) in [7, 11) is 0. The molecule has 1 aliphatic rings. The molecular weight excluding hydrogens is 257 g/mol. The highest BCUT2D eigenvalue weighted by Gasteiger charge is 2.38. The van der Waals surface area contributed by atoms with Crippen LogP contribution in [0.1, 0.15) is 23.6 Å². The molecule has 3 nitrogen and oxygen atoms in total. The van der Waals surface area contributed by atoms with Crippen molar-refractivity contribution in [2.75, 3.05) is 13.1 Å². The summed E-state index contributed by atoms with van der Waals surface area (Å²) in [5, 5.41) is 15.1. The summed E-state index contributed by atoms with van der Waals surface area (Å²) in [5.74, 6) is 0. The van der Waals surface area contributed by atoms with Crippen molar-refractivity contribution in [1.82, 2.24) is 10.6 Å². The van der Waals surface area contributed by atoms with Crippen LogP contribution in [0.4, 0.5) is 13.2 Å². The maximum Gasteiger partial charge on any atom is 0.415 e. The zero-order chi connectivity index (χ0) is 13.9. The highest BCUT2D eigenvalue weighted by molar-refractivity contribution is 5.31. The van der Waals surface area contributed by atoms with E-state index in [0.717, 1.165) is 24.2 Å². The van der Waals surface area contributed by atoms with E-state index in [4.69, 9.17) is 5.11 Å². The van der Waals surface area contributed by atoms with Gasteiger partial charge in [0.1, 0.15) is 0 Å². The Morgan fingerprint density at radius 2 is 2.11 bits per heavy atom. The monoisotopic (exact) mass is 274 g/mol. The third kappa shape index (κ3) is 3.68. The molecule has 0 amide bonds. The number of hydrogen-bond donors (Lipinski definition) is 3. The Balaban J connectivity index is 2.04. The van der Waals surface area contributed by atoms with E-state index >= 15 is 0 Å². The lowest BCUT2D eigenvalue weighted by molar-refractivity contribution is -0.202. The number of aliphatic hydroxyl groups excluding tert-OH is 1. The second-order valence-electron chi connectivity index (χ2n) is 4.68. The number of aliphatic hydroxyl groups is 1. The van der Waals surface area contributed by atoms with Crippen molar-refractivity contribution >= 4 is 0 Å². The van der Waals surface area contributed by atoms with E-state index in [1.54, 1.807) is 0 Å². The normalized spacial score (nSPS) is 21.6. The number of halogens is 3. The van der Waals surface area contributed by atoms with Crippen molar-refractivity contribution in [3.8, 4) is 0 Å². The topological polar surface area (TPSA) is 44.3 Å². The first kappa shape index (κ1) is 14.3. The lowest BCUT2D eigenvalue weighted by atomic mass is 9.99. The number of alkyl halides is 3. The molecular formula is C13H17F3N2O. The molecule has 0 aliphatic carbocycles. The van der Waals surface area contributed by atoms with E-state index in [2.05, 4.69) is 10.6 Å². The van der Waals surface area contributed by atoms with Crippen LogP contribution in [0.2, 0.25) is 0 Å². The molecule has 1 aromatic rings. The van der Waals surface area contributed by atoms with Crippen molar-refractivity contribution < 1.29 is 18.3 Å². The van der Waals surface area contributed by atoms with Crippen LogP contribution in [0.25, 0.3) is 0 Å². The van der Waals surface area contributed by atoms with Crippen LogP contribution in [0.5, 0.6) is 0 Å². The van der Waals surface area contributed by atoms with Gasteiger partial charge in [0.15, 0.2) is 6.10 Å². The van der Waals surface area contributed by atoms with E-state index in [9.17, 15) is 13.2 Å². The predicted molar refractivity (Wildman–Crippen MR) is 65.6 cm³/mol. The molecule has 106 valence electrons. The molecule has 1 heterocycles. The summed E-state index contributed by atoms with van der Waals surface area (Å²) in [6, 6.07) is 7.50. The van der Waals surface area contributed by atoms with Crippen LogP contribution in [-0.4, -0.2) is 30.5 Å². The standard InChI is InChI=1S/C13H17F3N2O/c14-13(15,16)12(19)8-18-11-5-6-17-7-9-3-1-2-4-10(9)11/h1-4,11-12,17-19H,5-8H2. The minimum absolute atomic E-state index is 0.164. The minimum atomic E-state index is -4.57. The number of hydrogen-bond acceptors (Lipinski definition) is 3. The fourth-order valence-corrected chi connectivity index (χ4v) is 2.24. The van der Waals surface area contributed by atoms with Gasteiger partial charge < -0.3 is 15.7 Å². The number of rotatable bonds is 3. The van der Waals surface area contributed by atoms with E-state index in [1.807, 2.05) is 24.3 Å². The molecule has 0 aromatic heterocycles. The molecule has 1 aromatic carbocycles. The number of benzene rings is 1. The molecule has 0 saturated heterocycles. The van der Waals surface area contributed by atoms with Crippen LogP contribution in [0.15, 0.2) is 24.3 Å². The summed E-state index contributed by atoms with van der Waals surface area (Å²) in [6.45, 7) is 0.965. The maximum atomic E-state index is 12.3. The van der Waals surface area contributed by atoms with Gasteiger partial charge in [-0.25, -0.2) is 0 Å². The van der Waals surface area contributed by atoms with E-state index in [-0.39, 0.29) is 6.04 Å². The summed E-state index contributed by atoms with van der Waals surface area (Å²) in [4.78, 5) is 0. The van der Waals surface area contributed by atoms with Crippen molar-refractivity contribution in [1.29, 1.82) is 0 Å². The fourth-order valence-electron chi connectivity index (χ4n) is 2.24. The SMILES string of the molecule is OC(CNC1CCNCc2ccccc21)C(F)(F)F. The third-order valence-corrected chi connectivity index (χ3v) is 3.29. The molecule has 0 saturated carbocycles. The minimum Gasteiger partial charge on any atom is -0.382 e. The Morgan fingerprint density at radius 3 is 2.84 bits per heavy atom. The fraction of sp³-hybridized carbons (Fsp3) is 0.538. The summed E-state index contributed by atoms with van der Waals surface area (Å²) in [5.41, 5.74) is 2.08. The second-order valence-corrected chi connectivity index (χ2v) is 4.68. The first-order valence-electron chi connectivity index (χ1n) is 6.25. The van der Waals surface area contributed by atoms with Crippen LogP contribution in [0.3, 0.4) is 0 Å². The lowest BCUT2D eigenvalue weighted by Crippen LogP contribution is -2.40. The molecule has 2 rings (SSSR count). The van der Waals surface area contributed by atoms with Gasteiger partial charge in [-0.2, -0.15) is 13.2 Å². The lowest BCUT2D eigenvalue weighted by Gasteiger charge is -2.22. The zero-order valence-corrected chi connectivity index (χ0v) is 10.4. The smallest absolute Gasteiger partial charge is 0.382 e. The Bertz CT molecular complexity index is 423. The Labute approximate surface area is 109 Å². The summed E-state index contributed by atoms with van der Waals surface area (Å²) in [6.07, 6.45) is -6.20. The van der Waals surface area contributed by atoms with Crippen LogP contribution in [0, 0.1) is 0 Å². The first-order chi connectivity index (χ1) is 8.98. The number of nitrogens with one attached hydrogen (secondary N) is 2. The molecule has 0 radical (unpaired) electrons. The van der Waals surface area contributed by atoms with Crippen molar-refractivity contribution in [2.45, 2.75) is 31.3 Å². The summed E-state index contributed by atoms with van der Waals surface area (Å²) >= 11 is 0. The first-order valence-corrected chi connectivity index (χ1v) is 6.25. The Kier molecular flexibility index (Phi) is 4.44. The second kappa shape index (κ2) is 5.90. The highest BCUT2D eigenvalue weighted by atomic mass is 19.4. The van der Waals surface area contributed by atoms with Gasteiger partial charge in [0.2, 0.25) is 0 Å². The van der Waals surface area contributed by atoms with Gasteiger partial charge in [-0.05, 0) is 24.1 Å². The van der Waals surface area contributed by atoms with Crippen molar-refractivity contribution in [3.63, 3.8) is 0 Å². The van der Waals surface area contributed by atoms with Gasteiger partial charge in [0.05, 0.1) is 0 Å². The molecule has 3 N–H and O–H groups in total. The van der Waals surface area contributed by atoms with E-state index in [1.165, 1.54) is 0 Å². The molecule has 0 bridgehead atoms. The zero-order valence-electron chi connectivity index (χ0n) is 10.4. The van der Waals surface area contributed by atoms with E-state index < -0.39 is 18.8 Å². The van der Waals surface area contributed by atoms with Crippen LogP contribution < -0.4 is 10.6 Å². The summed E-state index contributed by atoms with van der Waals surface area (Å²) < 4.78 is 36.8. The average Bonchev–Trinajstić information content (AvgIpc) is 2.57. The molecule has 0 fully saturated rings. The highest BCUT2D eigenvalue weighted by Crippen LogP contribution is 2.25. The van der Waals surface area contributed by atoms with Gasteiger partial charge in [-0.15, -0.1) is 0 Å². The predicted octanol–water partition coefficient (Wildman–Crippen LogP) is 1.73. The van der Waals surface area contributed by atoms with Crippen LogP contribution >= 0.6 is 0 Å². The molecule has 2 atom stereocenters. The van der Waals surface area contributed by atoms with Gasteiger partial charge >= 0.3 is 6.18 Å². The van der Waals surface area contributed by atoms with Gasteiger partial charge in [-0.3, -0.25) is 0 Å². The molecule has 6 heteroatoms. The quantitative estimate of drug-likeness (QED) is 0.786. The van der Waals surface area contributed by atoms with Crippen LogP contribution in [-0.2, 0) is 6.54 Å². The van der Waals surface area contributed by atoms with Gasteiger partial charge in [0.25, 0.3) is 0 Å². The van der Waals surface area contributed by atoms with Crippen molar-refractivity contribution in [3.05, 3.63) is 35.4 Å². The van der Waals surface area contributed by atoms with Gasteiger partial charge in [0, 0.05) is 19.1 Å². The maximum absolute atomic E-state index is 12.3. The largest absolute Gasteiger partial charge is 0.415 e. The third-order valence-electron chi connectivity index (χ3n) is 3.29. The van der Waals surface area contributed by atoms with E-state index in [0.29, 0.717) is 6.42 Å².